The quantitative estimate of drug-likeness (QED) is 0.510. The maximum absolute atomic E-state index is 13.9. The number of aliphatic carboxylic acids is 1. The van der Waals surface area contributed by atoms with Crippen LogP contribution < -0.4 is 5.32 Å². The van der Waals surface area contributed by atoms with E-state index < -0.39 is 11.6 Å². The Balaban J connectivity index is 1.56. The Morgan fingerprint density at radius 1 is 1.19 bits per heavy atom. The lowest BCUT2D eigenvalue weighted by molar-refractivity contribution is -0.137. The van der Waals surface area contributed by atoms with E-state index in [0.29, 0.717) is 24.7 Å². The number of aromatic nitrogens is 1. The summed E-state index contributed by atoms with van der Waals surface area (Å²) in [7, 11) is 0. The molecule has 1 spiro atoms. The Bertz CT molecular complexity index is 1100. The summed E-state index contributed by atoms with van der Waals surface area (Å²) in [6.45, 7) is 10.0. The lowest BCUT2D eigenvalue weighted by Gasteiger charge is -2.46. The fourth-order valence-electron chi connectivity index (χ4n) is 5.63. The van der Waals surface area contributed by atoms with E-state index in [1.165, 1.54) is 0 Å². The van der Waals surface area contributed by atoms with Gasteiger partial charge in [-0.2, -0.15) is 0 Å². The van der Waals surface area contributed by atoms with Gasteiger partial charge in [-0.1, -0.05) is 45.0 Å². The first kappa shape index (κ1) is 26.0. The molecular weight excluding hydrogens is 452 g/mol. The monoisotopic (exact) mass is 490 g/mol. The Kier molecular flexibility index (Phi) is 7.59. The highest BCUT2D eigenvalue weighted by Gasteiger charge is 2.51. The number of hydrogen-bond acceptors (Lipinski definition) is 5. The zero-order valence-electron chi connectivity index (χ0n) is 21.8. The fourth-order valence-corrected chi connectivity index (χ4v) is 5.63. The number of aliphatic imine (C=N–C) groups is 1. The van der Waals surface area contributed by atoms with Crippen LogP contribution in [0.5, 0.6) is 0 Å². The van der Waals surface area contributed by atoms with Crippen molar-refractivity contribution in [2.45, 2.75) is 78.0 Å². The molecule has 7 nitrogen and oxygen atoms in total. The van der Waals surface area contributed by atoms with Gasteiger partial charge in [0.2, 0.25) is 0 Å². The number of nitrogens with zero attached hydrogens (tertiary/aromatic N) is 3. The van der Waals surface area contributed by atoms with Crippen LogP contribution in [0.3, 0.4) is 0 Å². The molecule has 1 fully saturated rings. The molecule has 2 aromatic rings. The van der Waals surface area contributed by atoms with Crippen molar-refractivity contribution in [3.05, 3.63) is 65.5 Å². The number of carbonyl (C=O) groups is 2. The van der Waals surface area contributed by atoms with Crippen molar-refractivity contribution in [3.8, 4) is 0 Å². The average molecular weight is 491 g/mol. The SMILES string of the molecule is CC(c1ccc(CNCCC(=O)O)cc1)N1C(=O)C(c2cccnc2)=NC12CCC(C(C)(C)C)CC2. The number of rotatable bonds is 8. The Hall–Kier alpha value is -3.06. The highest BCUT2D eigenvalue weighted by molar-refractivity contribution is 6.46. The van der Waals surface area contributed by atoms with E-state index in [4.69, 9.17) is 10.1 Å². The largest absolute Gasteiger partial charge is 0.481 e. The second-order valence-corrected chi connectivity index (χ2v) is 11.2. The van der Waals surface area contributed by atoms with Crippen LogP contribution >= 0.6 is 0 Å². The number of hydrogen-bond donors (Lipinski definition) is 2. The summed E-state index contributed by atoms with van der Waals surface area (Å²) in [5, 5.41) is 12.0. The van der Waals surface area contributed by atoms with Crippen molar-refractivity contribution in [1.82, 2.24) is 15.2 Å². The fraction of sp³-hybridized carbons (Fsp3) is 0.517. The molecule has 4 rings (SSSR count). The van der Waals surface area contributed by atoms with E-state index >= 15 is 0 Å². The molecule has 7 heteroatoms. The molecule has 1 atom stereocenters. The molecule has 192 valence electrons. The van der Waals surface area contributed by atoms with Crippen molar-refractivity contribution < 1.29 is 14.7 Å². The van der Waals surface area contributed by atoms with E-state index in [-0.39, 0.29) is 23.8 Å². The predicted molar refractivity (Wildman–Crippen MR) is 141 cm³/mol. The van der Waals surface area contributed by atoms with Crippen molar-refractivity contribution in [1.29, 1.82) is 0 Å². The highest BCUT2D eigenvalue weighted by atomic mass is 16.4. The van der Waals surface area contributed by atoms with Crippen molar-refractivity contribution >= 4 is 17.6 Å². The summed E-state index contributed by atoms with van der Waals surface area (Å²) >= 11 is 0. The highest BCUT2D eigenvalue weighted by Crippen LogP contribution is 2.49. The van der Waals surface area contributed by atoms with Crippen LogP contribution in [-0.4, -0.2) is 44.8 Å². The second kappa shape index (κ2) is 10.5. The zero-order chi connectivity index (χ0) is 25.9. The summed E-state index contributed by atoms with van der Waals surface area (Å²) in [4.78, 5) is 36.0. The zero-order valence-corrected chi connectivity index (χ0v) is 21.8. The van der Waals surface area contributed by atoms with Gasteiger partial charge in [0.15, 0.2) is 0 Å². The van der Waals surface area contributed by atoms with Gasteiger partial charge < -0.3 is 15.3 Å². The molecule has 0 saturated heterocycles. The van der Waals surface area contributed by atoms with Crippen LogP contribution in [0.2, 0.25) is 0 Å². The first-order valence-electron chi connectivity index (χ1n) is 13.0. The number of carbonyl (C=O) groups excluding carboxylic acids is 1. The third kappa shape index (κ3) is 5.51. The van der Waals surface area contributed by atoms with Gasteiger partial charge >= 0.3 is 5.97 Å². The maximum atomic E-state index is 13.9. The molecule has 36 heavy (non-hydrogen) atoms. The van der Waals surface area contributed by atoms with E-state index in [9.17, 15) is 9.59 Å². The van der Waals surface area contributed by atoms with Crippen LogP contribution in [0.15, 0.2) is 53.8 Å². The van der Waals surface area contributed by atoms with Gasteiger partial charge in [0.1, 0.15) is 11.4 Å². The summed E-state index contributed by atoms with van der Waals surface area (Å²) in [6.07, 6.45) is 7.36. The second-order valence-electron chi connectivity index (χ2n) is 11.2. The molecule has 1 aliphatic carbocycles. The Morgan fingerprint density at radius 3 is 2.47 bits per heavy atom. The average Bonchev–Trinajstić information content (AvgIpc) is 3.13. The Morgan fingerprint density at radius 2 is 1.89 bits per heavy atom. The molecule has 1 saturated carbocycles. The van der Waals surface area contributed by atoms with E-state index in [0.717, 1.165) is 42.4 Å². The van der Waals surface area contributed by atoms with Gasteiger partial charge in [-0.3, -0.25) is 19.6 Å². The number of nitrogens with one attached hydrogen (secondary N) is 1. The first-order chi connectivity index (χ1) is 17.1. The number of amides is 1. The van der Waals surface area contributed by atoms with E-state index in [1.54, 1.807) is 12.4 Å². The lowest BCUT2D eigenvalue weighted by atomic mass is 9.69. The normalized spacial score (nSPS) is 23.1. The van der Waals surface area contributed by atoms with Gasteiger partial charge in [-0.25, -0.2) is 0 Å². The smallest absolute Gasteiger partial charge is 0.304 e. The third-order valence-electron chi connectivity index (χ3n) is 7.83. The van der Waals surface area contributed by atoms with Gasteiger partial charge in [-0.05, 0) is 67.2 Å². The van der Waals surface area contributed by atoms with Crippen molar-refractivity contribution in [2.75, 3.05) is 6.54 Å². The minimum atomic E-state index is -0.805. The number of carboxylic acid groups (broad SMARTS) is 1. The summed E-state index contributed by atoms with van der Waals surface area (Å²) in [5.74, 6) is -0.217. The van der Waals surface area contributed by atoms with Gasteiger partial charge in [0, 0.05) is 31.0 Å². The predicted octanol–water partition coefficient (Wildman–Crippen LogP) is 4.97. The van der Waals surface area contributed by atoms with Crippen LogP contribution in [0.4, 0.5) is 0 Å². The molecule has 1 amide bonds. The number of carboxylic acids is 1. The summed E-state index contributed by atoms with van der Waals surface area (Å²) in [5.41, 5.74) is 3.15. The number of pyridine rings is 1. The molecule has 2 N–H and O–H groups in total. The summed E-state index contributed by atoms with van der Waals surface area (Å²) < 4.78 is 0. The first-order valence-corrected chi connectivity index (χ1v) is 13.0. The van der Waals surface area contributed by atoms with Crippen LogP contribution in [0.25, 0.3) is 0 Å². The molecule has 1 unspecified atom stereocenters. The molecule has 2 heterocycles. The topological polar surface area (TPSA) is 94.9 Å². The Labute approximate surface area is 214 Å². The van der Waals surface area contributed by atoms with Crippen LogP contribution in [-0.2, 0) is 16.1 Å². The third-order valence-corrected chi connectivity index (χ3v) is 7.83. The van der Waals surface area contributed by atoms with E-state index in [1.807, 2.05) is 29.2 Å². The lowest BCUT2D eigenvalue weighted by Crippen LogP contribution is -2.50. The minimum Gasteiger partial charge on any atom is -0.481 e. The molecule has 0 radical (unpaired) electrons. The van der Waals surface area contributed by atoms with Crippen LogP contribution in [0.1, 0.15) is 82.5 Å². The molecule has 1 aromatic carbocycles. The van der Waals surface area contributed by atoms with Gasteiger partial charge in [0.05, 0.1) is 12.5 Å². The minimum absolute atomic E-state index is 0.0240. The molecule has 2 aliphatic rings. The maximum Gasteiger partial charge on any atom is 0.304 e. The summed E-state index contributed by atoms with van der Waals surface area (Å²) in [6, 6.07) is 11.9. The molecular formula is C29H38N4O3. The van der Waals surface area contributed by atoms with Crippen LogP contribution in [0, 0.1) is 11.3 Å². The van der Waals surface area contributed by atoms with E-state index in [2.05, 4.69) is 50.1 Å². The molecule has 1 aliphatic heterocycles. The van der Waals surface area contributed by atoms with Gasteiger partial charge in [0.25, 0.3) is 5.91 Å². The van der Waals surface area contributed by atoms with Gasteiger partial charge in [-0.15, -0.1) is 0 Å². The number of benzene rings is 1. The standard InChI is InChI=1S/C29H38N4O3/c1-20(22-9-7-21(8-10-22)18-31-17-13-25(34)35)33-27(36)26(23-6-5-16-30-19-23)32-29(33)14-11-24(12-15-29)28(2,3)4/h5-10,16,19-20,24,31H,11-15,17-18H2,1-4H3,(H,34,35). The van der Waals surface area contributed by atoms with Crippen molar-refractivity contribution in [2.24, 2.45) is 16.3 Å². The molecule has 0 bridgehead atoms. The van der Waals surface area contributed by atoms with Crippen molar-refractivity contribution in [3.63, 3.8) is 0 Å². The molecule has 1 aromatic heterocycles.